The number of amides is 1. The number of aromatic nitrogens is 2. The molecule has 0 spiro atoms. The molecule has 3 N–H and O–H groups in total. The van der Waals surface area contributed by atoms with Gasteiger partial charge in [0.1, 0.15) is 0 Å². The van der Waals surface area contributed by atoms with Gasteiger partial charge in [-0.15, -0.1) is 0 Å². The van der Waals surface area contributed by atoms with Crippen LogP contribution in [0.2, 0.25) is 0 Å². The van der Waals surface area contributed by atoms with Crippen LogP contribution in [0.5, 0.6) is 0 Å². The minimum Gasteiger partial charge on any atom is -0.369 e. The lowest BCUT2D eigenvalue weighted by molar-refractivity contribution is -0.115. The molecule has 0 atom stereocenters. The topological polar surface area (TPSA) is 93.2 Å². The van der Waals surface area contributed by atoms with Gasteiger partial charge in [0.25, 0.3) is 5.56 Å². The third kappa shape index (κ3) is 1.32. The lowest BCUT2D eigenvalue weighted by Crippen LogP contribution is -2.40. The van der Waals surface area contributed by atoms with Crippen LogP contribution in [-0.4, -0.2) is 29.1 Å². The zero-order valence-corrected chi connectivity index (χ0v) is 8.44. The molecule has 15 heavy (non-hydrogen) atoms. The Hall–Kier alpha value is -2.05. The van der Waals surface area contributed by atoms with Gasteiger partial charge in [-0.05, 0) is 0 Å². The molecule has 0 aromatic carbocycles. The first-order valence-electron chi connectivity index (χ1n) is 4.38. The molecule has 2 heterocycles. The third-order valence-corrected chi connectivity index (χ3v) is 2.31. The lowest BCUT2D eigenvalue weighted by Gasteiger charge is -2.25. The molecule has 0 saturated carbocycles. The second-order valence-corrected chi connectivity index (χ2v) is 3.44. The molecule has 7 heteroatoms. The minimum absolute atomic E-state index is 0.127. The van der Waals surface area contributed by atoms with Gasteiger partial charge in [0.05, 0.1) is 6.54 Å². The van der Waals surface area contributed by atoms with E-state index in [9.17, 15) is 9.59 Å². The van der Waals surface area contributed by atoms with Crippen LogP contribution < -0.4 is 21.5 Å². The normalized spacial score (nSPS) is 14.8. The fraction of sp³-hybridized carbons (Fsp3) is 0.375. The number of carbonyl (C=O) groups excluding carboxylic acids is 1. The fourth-order valence-corrected chi connectivity index (χ4v) is 1.46. The lowest BCUT2D eigenvalue weighted by atomic mass is 10.3. The number of carbonyl (C=O) groups is 1. The average Bonchev–Trinajstić information content (AvgIpc) is 2.17. The van der Waals surface area contributed by atoms with Crippen molar-refractivity contribution in [2.45, 2.75) is 0 Å². The molecule has 2 rings (SSSR count). The van der Waals surface area contributed by atoms with E-state index in [4.69, 9.17) is 5.73 Å². The van der Waals surface area contributed by atoms with Crippen LogP contribution in [0, 0.1) is 0 Å². The number of nitrogen functional groups attached to an aromatic ring is 1. The summed E-state index contributed by atoms with van der Waals surface area (Å²) >= 11 is 0. The minimum atomic E-state index is -0.350. The van der Waals surface area contributed by atoms with E-state index in [1.165, 1.54) is 11.6 Å². The van der Waals surface area contributed by atoms with Crippen molar-refractivity contribution in [3.63, 3.8) is 0 Å². The Bertz CT molecular complexity index is 493. The van der Waals surface area contributed by atoms with Crippen molar-refractivity contribution in [1.29, 1.82) is 0 Å². The fourth-order valence-electron chi connectivity index (χ4n) is 1.46. The van der Waals surface area contributed by atoms with Gasteiger partial charge in [0, 0.05) is 14.1 Å². The third-order valence-electron chi connectivity index (χ3n) is 2.31. The van der Waals surface area contributed by atoms with Gasteiger partial charge in [-0.3, -0.25) is 14.2 Å². The van der Waals surface area contributed by atoms with Crippen molar-refractivity contribution >= 4 is 23.4 Å². The van der Waals surface area contributed by atoms with Crippen LogP contribution in [0.25, 0.3) is 0 Å². The van der Waals surface area contributed by atoms with E-state index < -0.39 is 0 Å². The van der Waals surface area contributed by atoms with Crippen molar-refractivity contribution in [2.75, 3.05) is 29.5 Å². The molecule has 1 aliphatic rings. The Morgan fingerprint density at radius 2 is 2.07 bits per heavy atom. The zero-order chi connectivity index (χ0) is 11.2. The van der Waals surface area contributed by atoms with Crippen LogP contribution in [0.1, 0.15) is 0 Å². The summed E-state index contributed by atoms with van der Waals surface area (Å²) in [6, 6.07) is 0. The first kappa shape index (κ1) is 9.50. The quantitative estimate of drug-likeness (QED) is 0.557. The van der Waals surface area contributed by atoms with E-state index in [1.807, 2.05) is 0 Å². The number of hydrogen-bond acceptors (Lipinski definition) is 5. The summed E-state index contributed by atoms with van der Waals surface area (Å²) < 4.78 is 1.19. The standard InChI is InChI=1S/C8H11N5O2/c1-12-3-4(14)10-5-6(12)11-8(9)13(2)7(5)15/h3H2,1-2H3,(H2,9,11)(H,10,14). The molecule has 0 saturated heterocycles. The zero-order valence-electron chi connectivity index (χ0n) is 8.44. The van der Waals surface area contributed by atoms with Crippen LogP contribution in [0.15, 0.2) is 4.79 Å². The summed E-state index contributed by atoms with van der Waals surface area (Å²) in [6.45, 7) is 0.173. The first-order valence-corrected chi connectivity index (χ1v) is 4.38. The van der Waals surface area contributed by atoms with Crippen molar-refractivity contribution in [1.82, 2.24) is 9.55 Å². The number of fused-ring (bicyclic) bond motifs is 1. The summed E-state index contributed by atoms with van der Waals surface area (Å²) in [6.07, 6.45) is 0. The monoisotopic (exact) mass is 209 g/mol. The summed E-state index contributed by atoms with van der Waals surface area (Å²) in [4.78, 5) is 28.6. The van der Waals surface area contributed by atoms with Gasteiger partial charge in [-0.2, -0.15) is 4.98 Å². The van der Waals surface area contributed by atoms with E-state index in [1.54, 1.807) is 11.9 Å². The molecule has 0 fully saturated rings. The van der Waals surface area contributed by atoms with E-state index in [0.29, 0.717) is 5.82 Å². The summed E-state index contributed by atoms with van der Waals surface area (Å²) in [5, 5.41) is 2.49. The van der Waals surface area contributed by atoms with Gasteiger partial charge < -0.3 is 16.0 Å². The van der Waals surface area contributed by atoms with Crippen LogP contribution in [0.3, 0.4) is 0 Å². The first-order chi connectivity index (χ1) is 7.00. The maximum Gasteiger partial charge on any atom is 0.280 e. The Balaban J connectivity index is 2.71. The number of nitrogens with one attached hydrogen (secondary N) is 1. The van der Waals surface area contributed by atoms with Gasteiger partial charge in [0.2, 0.25) is 11.9 Å². The Morgan fingerprint density at radius 3 is 2.73 bits per heavy atom. The number of nitrogens with zero attached hydrogens (tertiary/aromatic N) is 3. The van der Waals surface area contributed by atoms with Gasteiger partial charge in [0.15, 0.2) is 11.5 Å². The highest BCUT2D eigenvalue weighted by Gasteiger charge is 2.24. The van der Waals surface area contributed by atoms with E-state index in [0.717, 1.165) is 0 Å². The molecule has 0 aliphatic carbocycles. The van der Waals surface area contributed by atoms with E-state index in [-0.39, 0.29) is 29.6 Å². The Labute approximate surface area is 85.5 Å². The number of anilines is 3. The highest BCUT2D eigenvalue weighted by molar-refractivity contribution is 5.99. The number of nitrogens with two attached hydrogens (primary N) is 1. The molecule has 1 aromatic rings. The highest BCUT2D eigenvalue weighted by atomic mass is 16.2. The maximum atomic E-state index is 11.7. The van der Waals surface area contributed by atoms with E-state index in [2.05, 4.69) is 10.3 Å². The van der Waals surface area contributed by atoms with E-state index >= 15 is 0 Å². The van der Waals surface area contributed by atoms with Crippen molar-refractivity contribution in [3.05, 3.63) is 10.4 Å². The van der Waals surface area contributed by atoms with Crippen molar-refractivity contribution in [2.24, 2.45) is 7.05 Å². The van der Waals surface area contributed by atoms with Crippen LogP contribution in [-0.2, 0) is 11.8 Å². The Morgan fingerprint density at radius 1 is 1.40 bits per heavy atom. The van der Waals surface area contributed by atoms with Crippen molar-refractivity contribution in [3.8, 4) is 0 Å². The second-order valence-electron chi connectivity index (χ2n) is 3.44. The summed E-state index contributed by atoms with van der Waals surface area (Å²) in [5.74, 6) is 0.311. The van der Waals surface area contributed by atoms with Crippen LogP contribution in [0.4, 0.5) is 17.5 Å². The molecule has 80 valence electrons. The molecule has 0 unspecified atom stereocenters. The Kier molecular flexibility index (Phi) is 1.88. The second kappa shape index (κ2) is 2.97. The molecule has 0 bridgehead atoms. The molecule has 1 amide bonds. The number of hydrogen-bond donors (Lipinski definition) is 2. The maximum absolute atomic E-state index is 11.7. The van der Waals surface area contributed by atoms with Crippen LogP contribution >= 0.6 is 0 Å². The van der Waals surface area contributed by atoms with Gasteiger partial charge in [-0.1, -0.05) is 0 Å². The van der Waals surface area contributed by atoms with Gasteiger partial charge in [-0.25, -0.2) is 0 Å². The largest absolute Gasteiger partial charge is 0.369 e. The summed E-state index contributed by atoms with van der Waals surface area (Å²) in [7, 11) is 3.19. The highest BCUT2D eigenvalue weighted by Crippen LogP contribution is 2.22. The predicted octanol–water partition coefficient (Wildman–Crippen LogP) is -1.25. The van der Waals surface area contributed by atoms with Crippen molar-refractivity contribution < 1.29 is 4.79 Å². The smallest absolute Gasteiger partial charge is 0.280 e. The summed E-state index contributed by atoms with van der Waals surface area (Å²) in [5.41, 5.74) is 5.39. The SMILES string of the molecule is CN1CC(=O)Nc2c1nc(N)n(C)c2=O. The predicted molar refractivity (Wildman–Crippen MR) is 55.8 cm³/mol. The average molecular weight is 209 g/mol. The molecule has 7 nitrogen and oxygen atoms in total. The molecule has 1 aromatic heterocycles. The molecule has 1 aliphatic heterocycles. The number of likely N-dealkylation sites (N-methyl/N-ethyl adjacent to an activating group) is 1. The molecule has 0 radical (unpaired) electrons. The number of rotatable bonds is 0. The molecular weight excluding hydrogens is 198 g/mol. The van der Waals surface area contributed by atoms with Gasteiger partial charge >= 0.3 is 0 Å². The molecular formula is C8H11N5O2.